The van der Waals surface area contributed by atoms with E-state index < -0.39 is 0 Å². The number of nitrogens with one attached hydrogen (secondary N) is 1. The highest BCUT2D eigenvalue weighted by Gasteiger charge is 2.15. The molecule has 0 amide bonds. The molecule has 110 valence electrons. The van der Waals surface area contributed by atoms with Gasteiger partial charge in [0.05, 0.1) is 11.7 Å². The first-order chi connectivity index (χ1) is 9.26. The summed E-state index contributed by atoms with van der Waals surface area (Å²) in [5.74, 6) is 0. The van der Waals surface area contributed by atoms with Crippen LogP contribution >= 0.6 is 0 Å². The molecule has 1 unspecified atom stereocenters. The standard InChI is InChI=1S/C15H30N4/c1-5-12-19-15(9-11-17-19)14(16-6-2)10-13-18(7-3)8-4/h9,11,14,16H,5-8,10,12-13H2,1-4H3. The minimum Gasteiger partial charge on any atom is -0.309 e. The summed E-state index contributed by atoms with van der Waals surface area (Å²) in [6.45, 7) is 14.2. The summed E-state index contributed by atoms with van der Waals surface area (Å²) in [6.07, 6.45) is 4.20. The SMILES string of the molecule is CCCn1nccc1C(CCN(CC)CC)NCC. The molecule has 1 rings (SSSR count). The average Bonchev–Trinajstić information content (AvgIpc) is 2.87. The van der Waals surface area contributed by atoms with Gasteiger partial charge in [-0.3, -0.25) is 4.68 Å². The largest absolute Gasteiger partial charge is 0.309 e. The van der Waals surface area contributed by atoms with E-state index in [0.717, 1.165) is 45.6 Å². The van der Waals surface area contributed by atoms with Gasteiger partial charge in [0.1, 0.15) is 0 Å². The first kappa shape index (κ1) is 16.2. The van der Waals surface area contributed by atoms with Crippen LogP contribution in [0.4, 0.5) is 0 Å². The molecule has 0 bridgehead atoms. The van der Waals surface area contributed by atoms with E-state index in [1.54, 1.807) is 0 Å². The summed E-state index contributed by atoms with van der Waals surface area (Å²) in [7, 11) is 0. The Bertz CT molecular complexity index is 331. The lowest BCUT2D eigenvalue weighted by Gasteiger charge is -2.24. The highest BCUT2D eigenvalue weighted by Crippen LogP contribution is 2.17. The van der Waals surface area contributed by atoms with Crippen molar-refractivity contribution in [3.63, 3.8) is 0 Å². The number of nitrogens with zero attached hydrogens (tertiary/aromatic N) is 3. The molecule has 0 aliphatic rings. The van der Waals surface area contributed by atoms with E-state index in [2.05, 4.69) is 53.8 Å². The molecule has 1 heterocycles. The molecular formula is C15H30N4. The van der Waals surface area contributed by atoms with E-state index in [9.17, 15) is 0 Å². The predicted molar refractivity (Wildman–Crippen MR) is 81.3 cm³/mol. The van der Waals surface area contributed by atoms with Crippen molar-refractivity contribution in [2.75, 3.05) is 26.2 Å². The third-order valence-electron chi connectivity index (χ3n) is 3.62. The first-order valence-corrected chi connectivity index (χ1v) is 7.74. The molecule has 0 aromatic carbocycles. The van der Waals surface area contributed by atoms with Gasteiger partial charge >= 0.3 is 0 Å². The molecular weight excluding hydrogens is 236 g/mol. The van der Waals surface area contributed by atoms with Crippen LogP contribution in [-0.2, 0) is 6.54 Å². The monoisotopic (exact) mass is 266 g/mol. The normalized spacial score (nSPS) is 13.1. The van der Waals surface area contributed by atoms with Gasteiger partial charge in [0, 0.05) is 12.7 Å². The number of hydrogen-bond acceptors (Lipinski definition) is 3. The van der Waals surface area contributed by atoms with Gasteiger partial charge < -0.3 is 10.2 Å². The maximum atomic E-state index is 4.44. The molecule has 0 saturated carbocycles. The molecule has 4 nitrogen and oxygen atoms in total. The second-order valence-electron chi connectivity index (χ2n) is 4.91. The molecule has 0 aliphatic heterocycles. The molecule has 1 aromatic heterocycles. The van der Waals surface area contributed by atoms with Crippen molar-refractivity contribution in [2.45, 2.75) is 53.1 Å². The molecule has 1 aromatic rings. The summed E-state index contributed by atoms with van der Waals surface area (Å²) < 4.78 is 2.15. The van der Waals surface area contributed by atoms with Gasteiger partial charge in [0.2, 0.25) is 0 Å². The Labute approximate surface area is 118 Å². The van der Waals surface area contributed by atoms with E-state index in [4.69, 9.17) is 0 Å². The third-order valence-corrected chi connectivity index (χ3v) is 3.62. The number of aromatic nitrogens is 2. The summed E-state index contributed by atoms with van der Waals surface area (Å²) in [4.78, 5) is 2.48. The quantitative estimate of drug-likeness (QED) is 0.707. The maximum absolute atomic E-state index is 4.44. The highest BCUT2D eigenvalue weighted by atomic mass is 15.3. The van der Waals surface area contributed by atoms with Gasteiger partial charge in [-0.2, -0.15) is 5.10 Å². The van der Waals surface area contributed by atoms with Gasteiger partial charge in [0.25, 0.3) is 0 Å². The van der Waals surface area contributed by atoms with Crippen LogP contribution in [0.2, 0.25) is 0 Å². The molecule has 4 heteroatoms. The Hall–Kier alpha value is -0.870. The number of rotatable bonds is 10. The fourth-order valence-electron chi connectivity index (χ4n) is 2.49. The van der Waals surface area contributed by atoms with Gasteiger partial charge in [0.15, 0.2) is 0 Å². The minimum atomic E-state index is 0.416. The van der Waals surface area contributed by atoms with E-state index in [1.165, 1.54) is 5.69 Å². The van der Waals surface area contributed by atoms with Crippen LogP contribution in [0.15, 0.2) is 12.3 Å². The molecule has 0 radical (unpaired) electrons. The zero-order valence-electron chi connectivity index (χ0n) is 13.0. The Morgan fingerprint density at radius 2 is 2.00 bits per heavy atom. The Kier molecular flexibility index (Phi) is 7.75. The predicted octanol–water partition coefficient (Wildman–Crippen LogP) is 2.68. The topological polar surface area (TPSA) is 33.1 Å². The van der Waals surface area contributed by atoms with Crippen molar-refractivity contribution in [3.05, 3.63) is 18.0 Å². The van der Waals surface area contributed by atoms with Crippen molar-refractivity contribution in [2.24, 2.45) is 0 Å². The van der Waals surface area contributed by atoms with Crippen LogP contribution in [0, 0.1) is 0 Å². The van der Waals surface area contributed by atoms with Gasteiger partial charge in [-0.15, -0.1) is 0 Å². The molecule has 0 aliphatic carbocycles. The second-order valence-corrected chi connectivity index (χ2v) is 4.91. The average molecular weight is 266 g/mol. The Balaban J connectivity index is 2.67. The molecule has 19 heavy (non-hydrogen) atoms. The molecule has 0 saturated heterocycles. The third kappa shape index (κ3) is 4.96. The van der Waals surface area contributed by atoms with E-state index >= 15 is 0 Å². The summed E-state index contributed by atoms with van der Waals surface area (Å²) in [5.41, 5.74) is 1.33. The Morgan fingerprint density at radius 3 is 2.58 bits per heavy atom. The maximum Gasteiger partial charge on any atom is 0.0554 e. The molecule has 1 N–H and O–H groups in total. The van der Waals surface area contributed by atoms with Crippen molar-refractivity contribution in [1.82, 2.24) is 20.0 Å². The molecule has 0 spiro atoms. The fraction of sp³-hybridized carbons (Fsp3) is 0.800. The Morgan fingerprint density at radius 1 is 1.26 bits per heavy atom. The fourth-order valence-corrected chi connectivity index (χ4v) is 2.49. The second kappa shape index (κ2) is 9.10. The first-order valence-electron chi connectivity index (χ1n) is 7.74. The van der Waals surface area contributed by atoms with E-state index in [1.807, 2.05) is 6.20 Å². The smallest absolute Gasteiger partial charge is 0.0554 e. The molecule has 1 atom stereocenters. The van der Waals surface area contributed by atoms with E-state index in [0.29, 0.717) is 6.04 Å². The van der Waals surface area contributed by atoms with Gasteiger partial charge in [-0.05, 0) is 45.1 Å². The summed E-state index contributed by atoms with van der Waals surface area (Å²) in [6, 6.07) is 2.57. The number of aryl methyl sites for hydroxylation is 1. The zero-order valence-corrected chi connectivity index (χ0v) is 13.0. The van der Waals surface area contributed by atoms with Gasteiger partial charge in [-0.1, -0.05) is 27.7 Å². The lowest BCUT2D eigenvalue weighted by molar-refractivity contribution is 0.279. The van der Waals surface area contributed by atoms with Crippen molar-refractivity contribution >= 4 is 0 Å². The van der Waals surface area contributed by atoms with Crippen LogP contribution in [0.3, 0.4) is 0 Å². The zero-order chi connectivity index (χ0) is 14.1. The van der Waals surface area contributed by atoms with Gasteiger partial charge in [-0.25, -0.2) is 0 Å². The lowest BCUT2D eigenvalue weighted by atomic mass is 10.1. The van der Waals surface area contributed by atoms with Crippen LogP contribution in [0.25, 0.3) is 0 Å². The van der Waals surface area contributed by atoms with Crippen molar-refractivity contribution < 1.29 is 0 Å². The summed E-state index contributed by atoms with van der Waals surface area (Å²) >= 11 is 0. The van der Waals surface area contributed by atoms with E-state index in [-0.39, 0.29) is 0 Å². The molecule has 0 fully saturated rings. The van der Waals surface area contributed by atoms with Crippen LogP contribution in [0.1, 0.15) is 52.3 Å². The van der Waals surface area contributed by atoms with Crippen molar-refractivity contribution in [1.29, 1.82) is 0 Å². The van der Waals surface area contributed by atoms with Crippen molar-refractivity contribution in [3.8, 4) is 0 Å². The minimum absolute atomic E-state index is 0.416. The highest BCUT2D eigenvalue weighted by molar-refractivity contribution is 5.07. The van der Waals surface area contributed by atoms with Crippen LogP contribution < -0.4 is 5.32 Å². The number of hydrogen-bond donors (Lipinski definition) is 1. The summed E-state index contributed by atoms with van der Waals surface area (Å²) in [5, 5.41) is 8.04. The van der Waals surface area contributed by atoms with Crippen LogP contribution in [-0.4, -0.2) is 40.9 Å². The lowest BCUT2D eigenvalue weighted by Crippen LogP contribution is -2.30. The van der Waals surface area contributed by atoms with Crippen LogP contribution in [0.5, 0.6) is 0 Å².